The highest BCUT2D eigenvalue weighted by molar-refractivity contribution is 5.94. The molecule has 0 unspecified atom stereocenters. The van der Waals surface area contributed by atoms with Crippen LogP contribution in [0.3, 0.4) is 0 Å². The molecule has 4 nitrogen and oxygen atoms in total. The number of benzene rings is 2. The van der Waals surface area contributed by atoms with Gasteiger partial charge in [-0.05, 0) is 53.6 Å². The van der Waals surface area contributed by atoms with E-state index < -0.39 is 0 Å². The van der Waals surface area contributed by atoms with E-state index in [4.69, 9.17) is 4.74 Å². The number of ether oxygens (including phenoxy) is 1. The molecular weight excluding hydrogens is 355 g/mol. The van der Waals surface area contributed by atoms with Crippen molar-refractivity contribution in [2.24, 2.45) is 0 Å². The first kappa shape index (κ1) is 17.9. The molecule has 2 heterocycles. The van der Waals surface area contributed by atoms with Gasteiger partial charge in [0.1, 0.15) is 11.6 Å². The van der Waals surface area contributed by atoms with Gasteiger partial charge in [0.05, 0.1) is 12.6 Å². The van der Waals surface area contributed by atoms with E-state index in [1.165, 1.54) is 12.1 Å². The quantitative estimate of drug-likeness (QED) is 0.518. The van der Waals surface area contributed by atoms with E-state index in [0.717, 1.165) is 17.0 Å². The average Bonchev–Trinajstić information content (AvgIpc) is 2.73. The van der Waals surface area contributed by atoms with Gasteiger partial charge in [-0.15, -0.1) is 0 Å². The number of halogens is 1. The van der Waals surface area contributed by atoms with Crippen molar-refractivity contribution in [2.75, 3.05) is 7.11 Å². The Kier molecular flexibility index (Phi) is 4.89. The molecule has 2 aromatic heterocycles. The van der Waals surface area contributed by atoms with Crippen LogP contribution in [-0.4, -0.2) is 16.7 Å². The van der Waals surface area contributed by atoms with Crippen molar-refractivity contribution >= 4 is 10.9 Å². The van der Waals surface area contributed by atoms with E-state index in [-0.39, 0.29) is 11.4 Å². The van der Waals surface area contributed by atoms with Gasteiger partial charge in [-0.25, -0.2) is 4.39 Å². The van der Waals surface area contributed by atoms with Crippen LogP contribution in [0.15, 0.2) is 77.7 Å². The molecule has 0 saturated heterocycles. The number of rotatable bonds is 5. The number of aryl methyl sites for hydroxylation is 2. The van der Waals surface area contributed by atoms with Crippen LogP contribution >= 0.6 is 0 Å². The third-order valence-corrected chi connectivity index (χ3v) is 4.79. The molecule has 0 spiro atoms. The summed E-state index contributed by atoms with van der Waals surface area (Å²) in [6.45, 7) is 0.473. The first-order chi connectivity index (χ1) is 13.7. The number of hydrogen-bond donors (Lipinski definition) is 0. The minimum atomic E-state index is -0.336. The average molecular weight is 374 g/mol. The second-order valence-electron chi connectivity index (χ2n) is 6.51. The molecule has 0 saturated carbocycles. The highest BCUT2D eigenvalue weighted by atomic mass is 19.1. The molecule has 0 aliphatic heterocycles. The van der Waals surface area contributed by atoms with Crippen LogP contribution < -0.4 is 10.3 Å². The number of nitrogens with zero attached hydrogens (tertiary/aromatic N) is 2. The highest BCUT2D eigenvalue weighted by Crippen LogP contribution is 2.29. The van der Waals surface area contributed by atoms with E-state index in [1.54, 1.807) is 30.0 Å². The fourth-order valence-corrected chi connectivity index (χ4v) is 3.37. The lowest BCUT2D eigenvalue weighted by molar-refractivity contribution is 0.415. The topological polar surface area (TPSA) is 44.1 Å². The van der Waals surface area contributed by atoms with E-state index >= 15 is 0 Å². The molecular formula is C23H19FN2O2. The normalized spacial score (nSPS) is 10.9. The van der Waals surface area contributed by atoms with Crippen molar-refractivity contribution < 1.29 is 9.13 Å². The van der Waals surface area contributed by atoms with Crippen molar-refractivity contribution in [1.29, 1.82) is 0 Å². The van der Waals surface area contributed by atoms with Gasteiger partial charge in [0.15, 0.2) is 0 Å². The molecule has 28 heavy (non-hydrogen) atoms. The first-order valence-electron chi connectivity index (χ1n) is 9.03. The van der Waals surface area contributed by atoms with E-state index in [9.17, 15) is 9.18 Å². The third-order valence-electron chi connectivity index (χ3n) is 4.79. The van der Waals surface area contributed by atoms with Gasteiger partial charge in [0.2, 0.25) is 0 Å². The number of fused-ring (bicyclic) bond motifs is 1. The Morgan fingerprint density at radius 3 is 2.57 bits per heavy atom. The van der Waals surface area contributed by atoms with Crippen LogP contribution in [0.2, 0.25) is 0 Å². The van der Waals surface area contributed by atoms with Gasteiger partial charge < -0.3 is 9.30 Å². The number of methoxy groups -OCH3 is 1. The van der Waals surface area contributed by atoms with Crippen LogP contribution in [0.5, 0.6) is 5.75 Å². The van der Waals surface area contributed by atoms with Crippen LogP contribution in [0.4, 0.5) is 4.39 Å². The van der Waals surface area contributed by atoms with Crippen LogP contribution in [0.25, 0.3) is 22.0 Å². The smallest absolute Gasteiger partial charge is 0.251 e. The Hall–Kier alpha value is -3.47. The zero-order chi connectivity index (χ0) is 19.5. The maximum atomic E-state index is 14.0. The lowest BCUT2D eigenvalue weighted by Gasteiger charge is -2.14. The number of pyridine rings is 2. The largest absolute Gasteiger partial charge is 0.497 e. The Labute approximate surface area is 161 Å². The van der Waals surface area contributed by atoms with Crippen molar-refractivity contribution in [3.8, 4) is 16.9 Å². The third kappa shape index (κ3) is 3.51. The zero-order valence-electron chi connectivity index (χ0n) is 15.4. The molecule has 0 aliphatic carbocycles. The molecule has 5 heteroatoms. The Balaban J connectivity index is 1.82. The standard InChI is InChI=1S/C23H19FN2O2/c1-28-19-8-5-16(6-9-19)20-15-23(27)26(13-11-18-4-2-3-12-25-18)22-10-7-17(24)14-21(20)22/h2-10,12,14-15H,11,13H2,1H3. The summed E-state index contributed by atoms with van der Waals surface area (Å²) in [4.78, 5) is 17.2. The van der Waals surface area contributed by atoms with Gasteiger partial charge >= 0.3 is 0 Å². The summed E-state index contributed by atoms with van der Waals surface area (Å²) in [5.74, 6) is 0.389. The fraction of sp³-hybridized carbons (Fsp3) is 0.130. The predicted octanol–water partition coefficient (Wildman–Crippen LogP) is 4.45. The van der Waals surface area contributed by atoms with E-state index in [1.807, 2.05) is 42.5 Å². The van der Waals surface area contributed by atoms with Crippen LogP contribution in [0, 0.1) is 5.82 Å². The Bertz CT molecular complexity index is 1170. The maximum absolute atomic E-state index is 14.0. The van der Waals surface area contributed by atoms with Gasteiger partial charge in [-0.3, -0.25) is 9.78 Å². The van der Waals surface area contributed by atoms with E-state index in [0.29, 0.717) is 29.4 Å². The summed E-state index contributed by atoms with van der Waals surface area (Å²) in [5, 5.41) is 0.700. The summed E-state index contributed by atoms with van der Waals surface area (Å²) in [6, 6.07) is 19.2. The van der Waals surface area contributed by atoms with Gasteiger partial charge in [-0.2, -0.15) is 0 Å². The van der Waals surface area contributed by atoms with Crippen molar-refractivity contribution in [2.45, 2.75) is 13.0 Å². The molecule has 0 atom stereocenters. The zero-order valence-corrected chi connectivity index (χ0v) is 15.4. The summed E-state index contributed by atoms with van der Waals surface area (Å²) >= 11 is 0. The van der Waals surface area contributed by atoms with Crippen LogP contribution in [-0.2, 0) is 13.0 Å². The first-order valence-corrected chi connectivity index (χ1v) is 9.03. The van der Waals surface area contributed by atoms with Crippen molar-refractivity contribution in [3.05, 3.63) is 94.8 Å². The minimum absolute atomic E-state index is 0.124. The van der Waals surface area contributed by atoms with Gasteiger partial charge in [0.25, 0.3) is 5.56 Å². The second-order valence-corrected chi connectivity index (χ2v) is 6.51. The number of aromatic nitrogens is 2. The lowest BCUT2D eigenvalue weighted by atomic mass is 10.0. The Morgan fingerprint density at radius 1 is 1.04 bits per heavy atom. The lowest BCUT2D eigenvalue weighted by Crippen LogP contribution is -2.21. The fourth-order valence-electron chi connectivity index (χ4n) is 3.37. The number of hydrogen-bond acceptors (Lipinski definition) is 3. The molecule has 0 amide bonds. The van der Waals surface area contributed by atoms with Crippen LogP contribution in [0.1, 0.15) is 5.69 Å². The summed E-state index contributed by atoms with van der Waals surface area (Å²) in [6.07, 6.45) is 2.35. The molecule has 140 valence electrons. The second kappa shape index (κ2) is 7.64. The maximum Gasteiger partial charge on any atom is 0.251 e. The minimum Gasteiger partial charge on any atom is -0.497 e. The van der Waals surface area contributed by atoms with Crippen molar-refractivity contribution in [3.63, 3.8) is 0 Å². The molecule has 2 aromatic carbocycles. The summed E-state index contributed by atoms with van der Waals surface area (Å²) < 4.78 is 20.9. The molecule has 4 aromatic rings. The highest BCUT2D eigenvalue weighted by Gasteiger charge is 2.12. The summed E-state index contributed by atoms with van der Waals surface area (Å²) in [5.41, 5.74) is 3.03. The molecule has 0 radical (unpaired) electrons. The SMILES string of the molecule is COc1ccc(-c2cc(=O)n(CCc3ccccn3)c3ccc(F)cc23)cc1. The monoisotopic (exact) mass is 374 g/mol. The van der Waals surface area contributed by atoms with E-state index in [2.05, 4.69) is 4.98 Å². The van der Waals surface area contributed by atoms with Gasteiger partial charge in [0, 0.05) is 36.3 Å². The molecule has 0 N–H and O–H groups in total. The van der Waals surface area contributed by atoms with Crippen molar-refractivity contribution in [1.82, 2.24) is 9.55 Å². The molecule has 0 fully saturated rings. The predicted molar refractivity (Wildman–Crippen MR) is 108 cm³/mol. The molecule has 4 rings (SSSR count). The van der Waals surface area contributed by atoms with Gasteiger partial charge in [-0.1, -0.05) is 18.2 Å². The molecule has 0 bridgehead atoms. The summed E-state index contributed by atoms with van der Waals surface area (Å²) in [7, 11) is 1.60. The Morgan fingerprint density at radius 2 is 1.86 bits per heavy atom. The molecule has 0 aliphatic rings.